The number of morpholine rings is 1. The number of hydrogen-bond donors (Lipinski definition) is 1. The van der Waals surface area contributed by atoms with Gasteiger partial charge in [-0.25, -0.2) is 13.9 Å². The summed E-state index contributed by atoms with van der Waals surface area (Å²) in [6, 6.07) is 5.31. The molecule has 1 amide bonds. The van der Waals surface area contributed by atoms with Crippen molar-refractivity contribution in [2.45, 2.75) is 12.6 Å². The lowest BCUT2D eigenvalue weighted by Crippen LogP contribution is -2.36. The number of carbonyl (C=O) groups excluding carboxylic acids is 1. The molecule has 1 saturated heterocycles. The van der Waals surface area contributed by atoms with Gasteiger partial charge in [-0.2, -0.15) is 9.61 Å². The summed E-state index contributed by atoms with van der Waals surface area (Å²) in [7, 11) is 0. The Labute approximate surface area is 181 Å². The molecule has 9 nitrogen and oxygen atoms in total. The number of amides is 1. The van der Waals surface area contributed by atoms with Gasteiger partial charge in [-0.15, -0.1) is 11.7 Å². The van der Waals surface area contributed by atoms with Crippen LogP contribution < -0.4 is 15.9 Å². The van der Waals surface area contributed by atoms with Gasteiger partial charge in [-0.1, -0.05) is 23.7 Å². The summed E-state index contributed by atoms with van der Waals surface area (Å²) in [6.07, 6.45) is 3.05. The van der Waals surface area contributed by atoms with Crippen LogP contribution in [-0.4, -0.2) is 51.6 Å². The second-order valence-corrected chi connectivity index (χ2v) is 7.39. The van der Waals surface area contributed by atoms with Crippen molar-refractivity contribution in [3.05, 3.63) is 70.0 Å². The minimum atomic E-state index is -0.655. The Hall–Kier alpha value is -3.24. The summed E-state index contributed by atoms with van der Waals surface area (Å²) < 4.78 is 21.3. The maximum atomic E-state index is 13.7. The zero-order chi connectivity index (χ0) is 22.0. The molecule has 1 aliphatic rings. The van der Waals surface area contributed by atoms with Crippen molar-refractivity contribution >= 4 is 28.8 Å². The van der Waals surface area contributed by atoms with Crippen molar-refractivity contribution in [3.8, 4) is 0 Å². The highest BCUT2D eigenvalue weighted by atomic mass is 35.5. The van der Waals surface area contributed by atoms with Crippen molar-refractivity contribution in [2.75, 3.05) is 31.2 Å². The average molecular weight is 447 g/mol. The molecule has 1 aliphatic heterocycles. The van der Waals surface area contributed by atoms with Crippen LogP contribution in [0.4, 0.5) is 10.1 Å². The van der Waals surface area contributed by atoms with Crippen LogP contribution in [0.2, 0.25) is 5.02 Å². The molecule has 4 rings (SSSR count). The molecule has 11 heteroatoms. The quantitative estimate of drug-likeness (QED) is 0.578. The van der Waals surface area contributed by atoms with Crippen LogP contribution in [0.3, 0.4) is 0 Å². The van der Waals surface area contributed by atoms with E-state index in [2.05, 4.69) is 27.0 Å². The monoisotopic (exact) mass is 446 g/mol. The van der Waals surface area contributed by atoms with Crippen LogP contribution in [-0.2, 0) is 16.1 Å². The highest BCUT2D eigenvalue weighted by Crippen LogP contribution is 2.21. The lowest BCUT2D eigenvalue weighted by Gasteiger charge is -2.28. The number of hydrogen-bond acceptors (Lipinski definition) is 6. The molecule has 3 heterocycles. The summed E-state index contributed by atoms with van der Waals surface area (Å²) in [5, 5.41) is 11.1. The summed E-state index contributed by atoms with van der Waals surface area (Å²) in [6.45, 7) is 6.03. The topological polar surface area (TPSA) is 93.8 Å². The van der Waals surface area contributed by atoms with Crippen molar-refractivity contribution in [3.63, 3.8) is 0 Å². The van der Waals surface area contributed by atoms with E-state index >= 15 is 0 Å². The van der Waals surface area contributed by atoms with E-state index in [0.717, 1.165) is 28.0 Å². The van der Waals surface area contributed by atoms with Crippen LogP contribution in [0.1, 0.15) is 11.6 Å². The molecular formula is C20H20ClFN6O3. The number of anilines is 1. The third-order valence-corrected chi connectivity index (χ3v) is 5.26. The molecule has 0 aliphatic carbocycles. The Balaban J connectivity index is 1.51. The van der Waals surface area contributed by atoms with Gasteiger partial charge in [0.15, 0.2) is 5.65 Å². The minimum Gasteiger partial charge on any atom is -0.378 e. The molecule has 1 aromatic carbocycles. The van der Waals surface area contributed by atoms with Crippen LogP contribution in [0.15, 0.2) is 47.9 Å². The summed E-state index contributed by atoms with van der Waals surface area (Å²) >= 11 is 5.71. The number of ether oxygens (including phenoxy) is 1. The van der Waals surface area contributed by atoms with Gasteiger partial charge < -0.3 is 15.0 Å². The van der Waals surface area contributed by atoms with Crippen molar-refractivity contribution in [2.24, 2.45) is 0 Å². The molecule has 0 radical (unpaired) electrons. The zero-order valence-corrected chi connectivity index (χ0v) is 17.3. The first-order valence-corrected chi connectivity index (χ1v) is 9.99. The van der Waals surface area contributed by atoms with E-state index in [1.54, 1.807) is 18.3 Å². The first kappa shape index (κ1) is 21.0. The van der Waals surface area contributed by atoms with Gasteiger partial charge in [0, 0.05) is 19.2 Å². The molecule has 3 aromatic rings. The van der Waals surface area contributed by atoms with Gasteiger partial charge in [0.05, 0.1) is 36.2 Å². The van der Waals surface area contributed by atoms with Crippen LogP contribution in [0.25, 0.3) is 5.65 Å². The fraction of sp³-hybridized carbons (Fsp3) is 0.300. The van der Waals surface area contributed by atoms with Crippen molar-refractivity contribution in [1.82, 2.24) is 24.7 Å². The van der Waals surface area contributed by atoms with Crippen LogP contribution in [0, 0.1) is 5.82 Å². The van der Waals surface area contributed by atoms with E-state index < -0.39 is 23.5 Å². The Morgan fingerprint density at radius 1 is 1.35 bits per heavy atom. The first-order chi connectivity index (χ1) is 15.0. The molecule has 0 saturated carbocycles. The van der Waals surface area contributed by atoms with E-state index in [-0.39, 0.29) is 11.6 Å². The number of rotatable bonds is 6. The Kier molecular flexibility index (Phi) is 6.01. The predicted octanol–water partition coefficient (Wildman–Crippen LogP) is 1.56. The van der Waals surface area contributed by atoms with Crippen molar-refractivity contribution in [1.29, 1.82) is 0 Å². The number of benzene rings is 1. The Bertz CT molecular complexity index is 1190. The number of nitrogens with one attached hydrogen (secondary N) is 1. The highest BCUT2D eigenvalue weighted by Gasteiger charge is 2.18. The smallest absolute Gasteiger partial charge is 0.367 e. The van der Waals surface area contributed by atoms with Crippen LogP contribution in [0.5, 0.6) is 0 Å². The van der Waals surface area contributed by atoms with Gasteiger partial charge in [-0.05, 0) is 17.7 Å². The van der Waals surface area contributed by atoms with E-state index in [1.807, 2.05) is 0 Å². The molecule has 31 heavy (non-hydrogen) atoms. The fourth-order valence-electron chi connectivity index (χ4n) is 3.34. The molecule has 2 aromatic heterocycles. The van der Waals surface area contributed by atoms with E-state index in [4.69, 9.17) is 16.3 Å². The van der Waals surface area contributed by atoms with Gasteiger partial charge >= 0.3 is 5.69 Å². The zero-order valence-electron chi connectivity index (χ0n) is 16.5. The molecule has 0 spiro atoms. The number of carbonyl (C=O) groups is 1. The van der Waals surface area contributed by atoms with Gasteiger partial charge in [0.25, 0.3) is 0 Å². The third kappa shape index (κ3) is 4.44. The van der Waals surface area contributed by atoms with Gasteiger partial charge in [-0.3, -0.25) is 4.79 Å². The fourth-order valence-corrected chi connectivity index (χ4v) is 3.46. The lowest BCUT2D eigenvalue weighted by atomic mass is 10.1. The molecule has 0 unspecified atom stereocenters. The number of nitrogens with zero attached hydrogens (tertiary/aromatic N) is 5. The van der Waals surface area contributed by atoms with E-state index in [0.29, 0.717) is 24.4 Å². The highest BCUT2D eigenvalue weighted by molar-refractivity contribution is 6.30. The van der Waals surface area contributed by atoms with Gasteiger partial charge in [0.1, 0.15) is 12.4 Å². The van der Waals surface area contributed by atoms with Crippen LogP contribution >= 0.6 is 11.6 Å². The van der Waals surface area contributed by atoms with Crippen molar-refractivity contribution < 1.29 is 13.9 Å². The second kappa shape index (κ2) is 8.86. The molecule has 0 bridgehead atoms. The minimum absolute atomic E-state index is 0.0157. The number of aromatic nitrogens is 4. The third-order valence-electron chi connectivity index (χ3n) is 4.95. The second-order valence-electron chi connectivity index (χ2n) is 6.98. The van der Waals surface area contributed by atoms with E-state index in [1.165, 1.54) is 18.2 Å². The number of halogens is 2. The number of fused-ring (bicyclic) bond motifs is 1. The summed E-state index contributed by atoms with van der Waals surface area (Å²) in [5.41, 5.74) is 1.10. The Morgan fingerprint density at radius 3 is 2.84 bits per heavy atom. The molecule has 162 valence electrons. The Morgan fingerprint density at radius 2 is 2.13 bits per heavy atom. The first-order valence-electron chi connectivity index (χ1n) is 9.62. The SMILES string of the molecule is C=C[C@H](NC(=O)Cn1nc2cc(N3CCOCC3)cnn2c1=O)c1ccc(Cl)c(F)c1. The lowest BCUT2D eigenvalue weighted by molar-refractivity contribution is -0.122. The normalized spacial score (nSPS) is 15.1. The van der Waals surface area contributed by atoms with Gasteiger partial charge in [0.2, 0.25) is 5.91 Å². The summed E-state index contributed by atoms with van der Waals surface area (Å²) in [4.78, 5) is 27.2. The molecule has 1 N–H and O–H groups in total. The largest absolute Gasteiger partial charge is 0.378 e. The summed E-state index contributed by atoms with van der Waals surface area (Å²) in [5.74, 6) is -1.09. The standard InChI is InChI=1S/C20H20ClFN6O3/c1-2-17(13-3-4-15(21)16(22)9-13)24-19(29)12-27-20(30)28-18(25-27)10-14(11-23-28)26-5-7-31-8-6-26/h2-4,9-11,17H,1,5-8,12H2,(H,24,29)/t17-/m0/s1. The predicted molar refractivity (Wildman–Crippen MR) is 113 cm³/mol. The maximum Gasteiger partial charge on any atom is 0.367 e. The van der Waals surface area contributed by atoms with E-state index in [9.17, 15) is 14.0 Å². The molecular weight excluding hydrogens is 427 g/mol. The maximum absolute atomic E-state index is 13.7. The average Bonchev–Trinajstić information content (AvgIpc) is 3.09. The molecule has 1 atom stereocenters. The molecule has 1 fully saturated rings.